The summed E-state index contributed by atoms with van der Waals surface area (Å²) >= 11 is 0. The summed E-state index contributed by atoms with van der Waals surface area (Å²) < 4.78 is 5.43. The predicted molar refractivity (Wildman–Crippen MR) is 85.8 cm³/mol. The Kier molecular flexibility index (Phi) is 5.55. The minimum absolute atomic E-state index is 0.0568. The Hall–Kier alpha value is -1.88. The first-order valence-corrected chi connectivity index (χ1v) is 7.81. The van der Waals surface area contributed by atoms with Crippen molar-refractivity contribution >= 4 is 17.5 Å². The first kappa shape index (κ1) is 16.5. The quantitative estimate of drug-likeness (QED) is 0.908. The van der Waals surface area contributed by atoms with E-state index in [0.717, 1.165) is 5.69 Å². The van der Waals surface area contributed by atoms with Crippen molar-refractivity contribution in [3.05, 3.63) is 29.8 Å². The van der Waals surface area contributed by atoms with E-state index >= 15 is 0 Å². The zero-order valence-corrected chi connectivity index (χ0v) is 13.5. The summed E-state index contributed by atoms with van der Waals surface area (Å²) in [4.78, 5) is 25.9. The highest BCUT2D eigenvalue weighted by atomic mass is 16.5. The van der Waals surface area contributed by atoms with Crippen molar-refractivity contribution in [1.82, 2.24) is 4.90 Å². The molecule has 0 spiro atoms. The predicted octanol–water partition coefficient (Wildman–Crippen LogP) is 2.39. The van der Waals surface area contributed by atoms with E-state index in [4.69, 9.17) is 4.74 Å². The largest absolute Gasteiger partial charge is 0.366 e. The van der Waals surface area contributed by atoms with Gasteiger partial charge in [-0.25, -0.2) is 0 Å². The van der Waals surface area contributed by atoms with Gasteiger partial charge in [-0.2, -0.15) is 0 Å². The molecule has 2 amide bonds. The summed E-state index contributed by atoms with van der Waals surface area (Å²) in [7, 11) is 0. The first-order chi connectivity index (χ1) is 10.5. The molecule has 1 aliphatic rings. The Labute approximate surface area is 131 Å². The number of carbonyl (C=O) groups is 2. The Bertz CT molecular complexity index is 525. The smallest absolute Gasteiger partial charge is 0.252 e. The van der Waals surface area contributed by atoms with Crippen LogP contribution < -0.4 is 5.32 Å². The maximum atomic E-state index is 12.1. The monoisotopic (exact) mass is 304 g/mol. The van der Waals surface area contributed by atoms with Gasteiger partial charge >= 0.3 is 0 Å². The highest BCUT2D eigenvalue weighted by molar-refractivity contribution is 5.95. The molecule has 2 rings (SSSR count). The van der Waals surface area contributed by atoms with Gasteiger partial charge in [-0.15, -0.1) is 0 Å². The van der Waals surface area contributed by atoms with Crippen molar-refractivity contribution in [3.63, 3.8) is 0 Å². The van der Waals surface area contributed by atoms with Crippen LogP contribution in [0.2, 0.25) is 0 Å². The van der Waals surface area contributed by atoms with Crippen molar-refractivity contribution in [2.45, 2.75) is 39.2 Å². The molecule has 22 heavy (non-hydrogen) atoms. The minimum atomic E-state index is -0.663. The lowest BCUT2D eigenvalue weighted by Crippen LogP contribution is -2.48. The molecule has 0 radical (unpaired) electrons. The van der Waals surface area contributed by atoms with Crippen LogP contribution in [0.1, 0.15) is 38.7 Å². The van der Waals surface area contributed by atoms with E-state index in [0.29, 0.717) is 25.6 Å². The van der Waals surface area contributed by atoms with Crippen molar-refractivity contribution in [3.8, 4) is 0 Å². The zero-order valence-electron chi connectivity index (χ0n) is 13.5. The van der Waals surface area contributed by atoms with Gasteiger partial charge in [0.15, 0.2) is 0 Å². The van der Waals surface area contributed by atoms with E-state index in [9.17, 15) is 9.59 Å². The average molecular weight is 304 g/mol. The number of nitrogens with zero attached hydrogens (tertiary/aromatic N) is 1. The van der Waals surface area contributed by atoms with E-state index in [1.54, 1.807) is 4.90 Å². The molecular weight excluding hydrogens is 280 g/mol. The minimum Gasteiger partial charge on any atom is -0.366 e. The molecule has 0 bridgehead atoms. The first-order valence-electron chi connectivity index (χ1n) is 7.81. The van der Waals surface area contributed by atoms with Crippen LogP contribution in [0.25, 0.3) is 0 Å². The second-order valence-corrected chi connectivity index (χ2v) is 5.81. The number of likely N-dealkylation sites (N-methyl/N-ethyl adjacent to an activating group) is 1. The van der Waals surface area contributed by atoms with Gasteiger partial charge in [0.1, 0.15) is 6.10 Å². The van der Waals surface area contributed by atoms with Crippen LogP contribution in [0.15, 0.2) is 24.3 Å². The topological polar surface area (TPSA) is 58.6 Å². The van der Waals surface area contributed by atoms with Crippen LogP contribution >= 0.6 is 0 Å². The molecule has 0 saturated carbocycles. The number of benzene rings is 1. The fourth-order valence-electron chi connectivity index (χ4n) is 2.48. The summed E-state index contributed by atoms with van der Waals surface area (Å²) in [6.07, 6.45) is -0.606. The van der Waals surface area contributed by atoms with Crippen LogP contribution in [-0.2, 0) is 14.3 Å². The molecule has 1 aliphatic heterocycles. The van der Waals surface area contributed by atoms with Crippen LogP contribution in [0.3, 0.4) is 0 Å². The van der Waals surface area contributed by atoms with Crippen molar-refractivity contribution < 1.29 is 14.3 Å². The Morgan fingerprint density at radius 2 is 2.05 bits per heavy atom. The molecule has 120 valence electrons. The van der Waals surface area contributed by atoms with Gasteiger partial charge in [0.2, 0.25) is 5.91 Å². The maximum absolute atomic E-state index is 12.1. The molecule has 5 heteroatoms. The number of nitrogens with one attached hydrogen (secondary N) is 1. The number of rotatable bonds is 5. The van der Waals surface area contributed by atoms with Crippen LogP contribution in [0, 0.1) is 0 Å². The second kappa shape index (κ2) is 7.40. The third-order valence-electron chi connectivity index (χ3n) is 3.88. The molecule has 1 aromatic carbocycles. The molecule has 1 aromatic rings. The van der Waals surface area contributed by atoms with Gasteiger partial charge in [-0.1, -0.05) is 26.0 Å². The summed E-state index contributed by atoms with van der Waals surface area (Å²) in [5.74, 6) is 0.158. The Morgan fingerprint density at radius 3 is 2.64 bits per heavy atom. The summed E-state index contributed by atoms with van der Waals surface area (Å²) in [5, 5.41) is 2.82. The Morgan fingerprint density at radius 1 is 1.36 bits per heavy atom. The number of amides is 2. The molecule has 1 atom stereocenters. The van der Waals surface area contributed by atoms with E-state index in [1.807, 2.05) is 31.2 Å². The van der Waals surface area contributed by atoms with Crippen molar-refractivity contribution in [2.24, 2.45) is 0 Å². The SMILES string of the molecule is CCN1CCO[C@H](CC(=O)Nc2ccc(C(C)C)cc2)C1=O. The lowest BCUT2D eigenvalue weighted by atomic mass is 10.0. The van der Waals surface area contributed by atoms with E-state index < -0.39 is 6.10 Å². The lowest BCUT2D eigenvalue weighted by Gasteiger charge is -2.31. The van der Waals surface area contributed by atoms with Crippen LogP contribution in [-0.4, -0.2) is 42.5 Å². The highest BCUT2D eigenvalue weighted by Gasteiger charge is 2.30. The number of anilines is 1. The van der Waals surface area contributed by atoms with E-state index in [2.05, 4.69) is 19.2 Å². The third kappa shape index (κ3) is 4.07. The average Bonchev–Trinajstić information content (AvgIpc) is 2.50. The molecule has 1 heterocycles. The highest BCUT2D eigenvalue weighted by Crippen LogP contribution is 2.18. The van der Waals surface area contributed by atoms with Gasteiger partial charge in [0.05, 0.1) is 13.0 Å². The fraction of sp³-hybridized carbons (Fsp3) is 0.529. The van der Waals surface area contributed by atoms with Crippen LogP contribution in [0.5, 0.6) is 0 Å². The zero-order chi connectivity index (χ0) is 16.1. The third-order valence-corrected chi connectivity index (χ3v) is 3.88. The number of ether oxygens (including phenoxy) is 1. The van der Waals surface area contributed by atoms with Gasteiger partial charge < -0.3 is 15.0 Å². The molecule has 1 fully saturated rings. The second-order valence-electron chi connectivity index (χ2n) is 5.81. The van der Waals surface area contributed by atoms with Gasteiger partial charge in [-0.3, -0.25) is 9.59 Å². The number of hydrogen-bond acceptors (Lipinski definition) is 3. The van der Waals surface area contributed by atoms with Gasteiger partial charge in [0.25, 0.3) is 5.91 Å². The molecular formula is C17H24N2O3. The molecule has 1 saturated heterocycles. The van der Waals surface area contributed by atoms with Crippen molar-refractivity contribution in [2.75, 3.05) is 25.0 Å². The van der Waals surface area contributed by atoms with E-state index in [-0.39, 0.29) is 18.2 Å². The summed E-state index contributed by atoms with van der Waals surface area (Å²) in [6.45, 7) is 7.91. The molecule has 0 aliphatic carbocycles. The Balaban J connectivity index is 1.91. The number of hydrogen-bond donors (Lipinski definition) is 1. The molecule has 5 nitrogen and oxygen atoms in total. The molecule has 0 unspecified atom stereocenters. The normalized spacial score (nSPS) is 18.6. The van der Waals surface area contributed by atoms with E-state index in [1.165, 1.54) is 5.56 Å². The van der Waals surface area contributed by atoms with Crippen molar-refractivity contribution in [1.29, 1.82) is 0 Å². The van der Waals surface area contributed by atoms with Gasteiger partial charge in [-0.05, 0) is 30.5 Å². The standard InChI is InChI=1S/C17H24N2O3/c1-4-19-9-10-22-15(17(19)21)11-16(20)18-14-7-5-13(6-8-14)12(2)3/h5-8,12,15H,4,9-11H2,1-3H3,(H,18,20)/t15-/m1/s1. The number of carbonyl (C=O) groups excluding carboxylic acids is 2. The lowest BCUT2D eigenvalue weighted by molar-refractivity contribution is -0.154. The molecule has 1 N–H and O–H groups in total. The molecule has 0 aromatic heterocycles. The van der Waals surface area contributed by atoms with Gasteiger partial charge in [0, 0.05) is 18.8 Å². The summed E-state index contributed by atoms with van der Waals surface area (Å²) in [5.41, 5.74) is 1.97. The fourth-order valence-corrected chi connectivity index (χ4v) is 2.48. The number of morpholine rings is 1. The summed E-state index contributed by atoms with van der Waals surface area (Å²) in [6, 6.07) is 7.77. The maximum Gasteiger partial charge on any atom is 0.252 e. The van der Waals surface area contributed by atoms with Crippen LogP contribution in [0.4, 0.5) is 5.69 Å².